The fourth-order valence-corrected chi connectivity index (χ4v) is 3.98. The number of hydrogen-bond donors (Lipinski definition) is 1. The Morgan fingerprint density at radius 1 is 1.45 bits per heavy atom. The molecular weight excluding hydrogens is 318 g/mol. The number of thiazole rings is 1. The maximum Gasteiger partial charge on any atom is 0.264 e. The highest BCUT2D eigenvalue weighted by Crippen LogP contribution is 2.22. The molecule has 1 aliphatic heterocycles. The van der Waals surface area contributed by atoms with Gasteiger partial charge in [-0.05, 0) is 31.2 Å². The molecular formula is C15H17N3O2S2. The predicted octanol–water partition coefficient (Wildman–Crippen LogP) is 2.43. The van der Waals surface area contributed by atoms with Crippen LogP contribution < -0.4 is 5.32 Å². The van der Waals surface area contributed by atoms with Gasteiger partial charge in [-0.25, -0.2) is 4.98 Å². The Hall–Kier alpha value is -1.73. The van der Waals surface area contributed by atoms with Crippen LogP contribution in [-0.2, 0) is 11.3 Å². The lowest BCUT2D eigenvalue weighted by molar-refractivity contribution is -0.125. The third-order valence-corrected chi connectivity index (χ3v) is 5.45. The quantitative estimate of drug-likeness (QED) is 0.933. The Bertz CT molecular complexity index is 666. The first-order valence-corrected chi connectivity index (χ1v) is 8.94. The van der Waals surface area contributed by atoms with E-state index in [0.717, 1.165) is 23.5 Å². The molecule has 22 heavy (non-hydrogen) atoms. The van der Waals surface area contributed by atoms with Gasteiger partial charge in [-0.15, -0.1) is 22.7 Å². The molecule has 1 N–H and O–H groups in total. The Labute approximate surface area is 137 Å². The number of carbonyl (C=O) groups is 2. The predicted molar refractivity (Wildman–Crippen MR) is 87.1 cm³/mol. The Morgan fingerprint density at radius 2 is 2.32 bits per heavy atom. The number of thiophene rings is 1. The second kappa shape index (κ2) is 6.58. The van der Waals surface area contributed by atoms with Crippen LogP contribution in [0.15, 0.2) is 22.9 Å². The zero-order valence-electron chi connectivity index (χ0n) is 12.2. The second-order valence-corrected chi connectivity index (χ2v) is 7.12. The van der Waals surface area contributed by atoms with Gasteiger partial charge < -0.3 is 10.2 Å². The highest BCUT2D eigenvalue weighted by molar-refractivity contribution is 7.12. The molecule has 0 unspecified atom stereocenters. The van der Waals surface area contributed by atoms with Crippen molar-refractivity contribution in [3.63, 3.8) is 0 Å². The van der Waals surface area contributed by atoms with E-state index in [9.17, 15) is 9.59 Å². The summed E-state index contributed by atoms with van der Waals surface area (Å²) in [6.07, 6.45) is 1.59. The molecule has 2 aromatic heterocycles. The van der Waals surface area contributed by atoms with Gasteiger partial charge in [0, 0.05) is 17.6 Å². The molecule has 3 heterocycles. The van der Waals surface area contributed by atoms with Crippen molar-refractivity contribution in [2.24, 2.45) is 0 Å². The molecule has 2 aromatic rings. The van der Waals surface area contributed by atoms with Crippen molar-refractivity contribution in [1.82, 2.24) is 15.2 Å². The molecule has 1 saturated heterocycles. The van der Waals surface area contributed by atoms with E-state index >= 15 is 0 Å². The van der Waals surface area contributed by atoms with Crippen molar-refractivity contribution in [1.29, 1.82) is 0 Å². The van der Waals surface area contributed by atoms with Crippen LogP contribution in [0.1, 0.15) is 33.2 Å². The number of aromatic nitrogens is 1. The lowest BCUT2D eigenvalue weighted by atomic mass is 10.2. The monoisotopic (exact) mass is 335 g/mol. The first-order chi connectivity index (χ1) is 10.6. The van der Waals surface area contributed by atoms with Crippen molar-refractivity contribution in [3.05, 3.63) is 38.5 Å². The van der Waals surface area contributed by atoms with Crippen LogP contribution in [0.2, 0.25) is 0 Å². The third kappa shape index (κ3) is 3.20. The number of aryl methyl sites for hydroxylation is 1. The fraction of sp³-hybridized carbons (Fsp3) is 0.400. The topological polar surface area (TPSA) is 62.3 Å². The van der Waals surface area contributed by atoms with Crippen LogP contribution in [0.3, 0.4) is 0 Å². The van der Waals surface area contributed by atoms with Crippen LogP contribution >= 0.6 is 22.7 Å². The Kier molecular flexibility index (Phi) is 4.54. The van der Waals surface area contributed by atoms with Gasteiger partial charge in [0.05, 0.1) is 11.4 Å². The van der Waals surface area contributed by atoms with Crippen LogP contribution in [-0.4, -0.2) is 34.3 Å². The van der Waals surface area contributed by atoms with Crippen molar-refractivity contribution in [2.45, 2.75) is 32.4 Å². The molecule has 116 valence electrons. The number of amides is 2. The molecule has 7 heteroatoms. The van der Waals surface area contributed by atoms with E-state index < -0.39 is 0 Å². The van der Waals surface area contributed by atoms with E-state index in [1.807, 2.05) is 23.8 Å². The molecule has 3 rings (SSSR count). The average Bonchev–Trinajstić information content (AvgIpc) is 3.25. The van der Waals surface area contributed by atoms with Crippen LogP contribution in [0, 0.1) is 6.92 Å². The van der Waals surface area contributed by atoms with Crippen LogP contribution in [0.4, 0.5) is 0 Å². The molecule has 0 radical (unpaired) electrons. The van der Waals surface area contributed by atoms with Crippen LogP contribution in [0.5, 0.6) is 0 Å². The van der Waals surface area contributed by atoms with Crippen LogP contribution in [0.25, 0.3) is 0 Å². The van der Waals surface area contributed by atoms with E-state index in [1.54, 1.807) is 11.0 Å². The molecule has 0 spiro atoms. The van der Waals surface area contributed by atoms with Gasteiger partial charge in [0.2, 0.25) is 5.91 Å². The number of rotatable bonds is 4. The van der Waals surface area contributed by atoms with E-state index in [0.29, 0.717) is 18.0 Å². The minimum absolute atomic E-state index is 0.0438. The van der Waals surface area contributed by atoms with E-state index in [-0.39, 0.29) is 17.9 Å². The summed E-state index contributed by atoms with van der Waals surface area (Å²) in [5.74, 6) is -0.131. The number of nitrogens with one attached hydrogen (secondary N) is 1. The maximum absolute atomic E-state index is 12.4. The largest absolute Gasteiger partial charge is 0.348 e. The van der Waals surface area contributed by atoms with Gasteiger partial charge in [0.15, 0.2) is 0 Å². The zero-order chi connectivity index (χ0) is 15.5. The molecule has 2 amide bonds. The summed E-state index contributed by atoms with van der Waals surface area (Å²) >= 11 is 2.95. The van der Waals surface area contributed by atoms with Gasteiger partial charge in [-0.1, -0.05) is 6.07 Å². The molecule has 0 aromatic carbocycles. The number of likely N-dealkylation sites (tertiary alicyclic amines) is 1. The number of nitrogens with zero attached hydrogens (tertiary/aromatic N) is 2. The van der Waals surface area contributed by atoms with Crippen molar-refractivity contribution in [3.8, 4) is 0 Å². The van der Waals surface area contributed by atoms with Gasteiger partial charge in [0.25, 0.3) is 5.91 Å². The highest BCUT2D eigenvalue weighted by atomic mass is 32.1. The molecule has 0 saturated carbocycles. The van der Waals surface area contributed by atoms with E-state index in [4.69, 9.17) is 0 Å². The minimum atomic E-state index is -0.365. The lowest BCUT2D eigenvalue weighted by Crippen LogP contribution is -2.45. The standard InChI is InChI=1S/C15H17N3O2S2/c1-10-9-22-13(17-10)8-16-14(19)11-4-2-6-18(11)15(20)12-5-3-7-21-12/h3,5,7,9,11H,2,4,6,8H2,1H3,(H,16,19)/t11-/m0/s1. The summed E-state index contributed by atoms with van der Waals surface area (Å²) in [6.45, 7) is 3.00. The summed E-state index contributed by atoms with van der Waals surface area (Å²) in [7, 11) is 0. The minimum Gasteiger partial charge on any atom is -0.348 e. The lowest BCUT2D eigenvalue weighted by Gasteiger charge is -2.23. The number of carbonyl (C=O) groups excluding carboxylic acids is 2. The fourth-order valence-electron chi connectivity index (χ4n) is 2.59. The summed E-state index contributed by atoms with van der Waals surface area (Å²) in [4.78, 5) is 31.5. The number of hydrogen-bond acceptors (Lipinski definition) is 5. The van der Waals surface area contributed by atoms with Gasteiger partial charge in [-0.3, -0.25) is 9.59 Å². The second-order valence-electron chi connectivity index (χ2n) is 5.23. The highest BCUT2D eigenvalue weighted by Gasteiger charge is 2.34. The van der Waals surface area contributed by atoms with Crippen molar-refractivity contribution >= 4 is 34.5 Å². The molecule has 1 aliphatic rings. The average molecular weight is 335 g/mol. The molecule has 1 atom stereocenters. The first-order valence-electron chi connectivity index (χ1n) is 7.18. The van der Waals surface area contributed by atoms with Crippen molar-refractivity contribution < 1.29 is 9.59 Å². The molecule has 0 aliphatic carbocycles. The molecule has 5 nitrogen and oxygen atoms in total. The SMILES string of the molecule is Cc1csc(CNC(=O)[C@@H]2CCCN2C(=O)c2cccs2)n1. The van der Waals surface area contributed by atoms with Gasteiger partial charge in [-0.2, -0.15) is 0 Å². The molecule has 1 fully saturated rings. The Balaban J connectivity index is 1.62. The summed E-state index contributed by atoms with van der Waals surface area (Å²) in [5.41, 5.74) is 0.963. The van der Waals surface area contributed by atoms with Crippen molar-refractivity contribution in [2.75, 3.05) is 6.54 Å². The summed E-state index contributed by atoms with van der Waals surface area (Å²) in [5, 5.41) is 7.63. The Morgan fingerprint density at radius 3 is 3.00 bits per heavy atom. The zero-order valence-corrected chi connectivity index (χ0v) is 13.9. The van der Waals surface area contributed by atoms with E-state index in [1.165, 1.54) is 22.7 Å². The smallest absolute Gasteiger partial charge is 0.264 e. The summed E-state index contributed by atoms with van der Waals surface area (Å²) < 4.78 is 0. The summed E-state index contributed by atoms with van der Waals surface area (Å²) in [6, 6.07) is 3.29. The van der Waals surface area contributed by atoms with Gasteiger partial charge in [0.1, 0.15) is 11.0 Å². The third-order valence-electron chi connectivity index (χ3n) is 3.63. The maximum atomic E-state index is 12.4. The van der Waals surface area contributed by atoms with Gasteiger partial charge >= 0.3 is 0 Å². The first kappa shape index (κ1) is 15.2. The molecule has 0 bridgehead atoms. The van der Waals surface area contributed by atoms with E-state index in [2.05, 4.69) is 10.3 Å². The normalized spacial score (nSPS) is 17.7.